The molecule has 0 amide bonds. The zero-order chi connectivity index (χ0) is 11.7. The van der Waals surface area contributed by atoms with Crippen molar-refractivity contribution in [3.05, 3.63) is 46.2 Å². The average molecular weight is 245 g/mol. The number of hydrogen-bond donors (Lipinski definition) is 2. The highest BCUT2D eigenvalue weighted by molar-refractivity contribution is 7.71. The van der Waals surface area contributed by atoms with Crippen molar-refractivity contribution in [1.82, 2.24) is 15.0 Å². The molecule has 0 radical (unpaired) electrons. The molecule has 2 heterocycles. The van der Waals surface area contributed by atoms with Crippen LogP contribution in [0.15, 0.2) is 24.5 Å². The highest BCUT2D eigenvalue weighted by Gasteiger charge is 2.19. The fraction of sp³-hybridized carbons (Fsp3) is 0.385. The van der Waals surface area contributed by atoms with Crippen molar-refractivity contribution >= 4 is 12.2 Å². The summed E-state index contributed by atoms with van der Waals surface area (Å²) in [4.78, 5) is 10.6. The standard InChI is InChI=1S/C13H15N3S/c17-13-15-8-11(16-13)7-9-3-4-12-10(6-9)2-1-5-14-12/h1-2,5,8-9H,3-4,6-7H2,(H2,15,16,17). The summed E-state index contributed by atoms with van der Waals surface area (Å²) in [5.41, 5.74) is 3.91. The van der Waals surface area contributed by atoms with Gasteiger partial charge in [0.15, 0.2) is 4.77 Å². The first-order valence-electron chi connectivity index (χ1n) is 6.00. The molecular weight excluding hydrogens is 230 g/mol. The maximum Gasteiger partial charge on any atom is 0.174 e. The summed E-state index contributed by atoms with van der Waals surface area (Å²) in [5.74, 6) is 0.702. The fourth-order valence-electron chi connectivity index (χ4n) is 2.60. The minimum atomic E-state index is 0.702. The maximum atomic E-state index is 5.04. The normalized spacial score (nSPS) is 18.9. The summed E-state index contributed by atoms with van der Waals surface area (Å²) in [5, 5.41) is 0. The Bertz CT molecular complexity index is 570. The van der Waals surface area contributed by atoms with Crippen molar-refractivity contribution < 1.29 is 0 Å². The molecule has 1 atom stereocenters. The maximum absolute atomic E-state index is 5.04. The number of nitrogens with zero attached hydrogens (tertiary/aromatic N) is 1. The minimum Gasteiger partial charge on any atom is -0.337 e. The summed E-state index contributed by atoms with van der Waals surface area (Å²) in [6.07, 6.45) is 8.40. The van der Waals surface area contributed by atoms with Gasteiger partial charge in [-0.05, 0) is 55.4 Å². The van der Waals surface area contributed by atoms with Gasteiger partial charge in [-0.3, -0.25) is 4.98 Å². The molecule has 0 aromatic carbocycles. The lowest BCUT2D eigenvalue weighted by Gasteiger charge is -2.23. The number of nitrogens with one attached hydrogen (secondary N) is 2. The van der Waals surface area contributed by atoms with Crippen molar-refractivity contribution in [3.8, 4) is 0 Å². The third-order valence-corrected chi connectivity index (χ3v) is 3.66. The molecule has 1 unspecified atom stereocenters. The Morgan fingerprint density at radius 1 is 1.47 bits per heavy atom. The van der Waals surface area contributed by atoms with Gasteiger partial charge in [-0.15, -0.1) is 0 Å². The van der Waals surface area contributed by atoms with Crippen LogP contribution >= 0.6 is 12.2 Å². The summed E-state index contributed by atoms with van der Waals surface area (Å²) >= 11 is 5.04. The number of aromatic amines is 2. The molecule has 1 aliphatic carbocycles. The zero-order valence-electron chi connectivity index (χ0n) is 9.57. The number of aryl methyl sites for hydroxylation is 1. The summed E-state index contributed by atoms with van der Waals surface area (Å²) in [6, 6.07) is 4.23. The van der Waals surface area contributed by atoms with Gasteiger partial charge in [-0.1, -0.05) is 6.07 Å². The second kappa shape index (κ2) is 4.45. The predicted molar refractivity (Wildman–Crippen MR) is 69.4 cm³/mol. The van der Waals surface area contributed by atoms with Crippen LogP contribution in [0.1, 0.15) is 23.4 Å². The third kappa shape index (κ3) is 2.31. The van der Waals surface area contributed by atoms with Crippen LogP contribution in [-0.2, 0) is 19.3 Å². The highest BCUT2D eigenvalue weighted by atomic mass is 32.1. The van der Waals surface area contributed by atoms with Crippen molar-refractivity contribution in [2.45, 2.75) is 25.7 Å². The summed E-state index contributed by atoms with van der Waals surface area (Å²) in [6.45, 7) is 0. The van der Waals surface area contributed by atoms with Crippen LogP contribution in [0.25, 0.3) is 0 Å². The summed E-state index contributed by atoms with van der Waals surface area (Å²) in [7, 11) is 0. The number of fused-ring (bicyclic) bond motifs is 1. The van der Waals surface area contributed by atoms with Gasteiger partial charge < -0.3 is 9.97 Å². The lowest BCUT2D eigenvalue weighted by molar-refractivity contribution is 0.447. The lowest BCUT2D eigenvalue weighted by atomic mass is 9.84. The van der Waals surface area contributed by atoms with Crippen molar-refractivity contribution in [3.63, 3.8) is 0 Å². The van der Waals surface area contributed by atoms with Gasteiger partial charge in [0.05, 0.1) is 0 Å². The van der Waals surface area contributed by atoms with Crippen LogP contribution < -0.4 is 0 Å². The molecule has 0 bridgehead atoms. The molecule has 0 saturated carbocycles. The van der Waals surface area contributed by atoms with E-state index in [1.54, 1.807) is 0 Å². The van der Waals surface area contributed by atoms with Crippen LogP contribution in [0, 0.1) is 10.7 Å². The van der Waals surface area contributed by atoms with Gasteiger partial charge in [0, 0.05) is 23.8 Å². The quantitative estimate of drug-likeness (QED) is 0.799. The monoisotopic (exact) mass is 245 g/mol. The molecule has 2 N–H and O–H groups in total. The van der Waals surface area contributed by atoms with E-state index in [0.717, 1.165) is 24.0 Å². The Balaban J connectivity index is 1.74. The Morgan fingerprint density at radius 3 is 3.24 bits per heavy atom. The third-order valence-electron chi connectivity index (χ3n) is 3.44. The minimum absolute atomic E-state index is 0.702. The van der Waals surface area contributed by atoms with Crippen LogP contribution in [0.3, 0.4) is 0 Å². The molecular formula is C13H15N3S. The predicted octanol–water partition coefficient (Wildman–Crippen LogP) is 2.81. The van der Waals surface area contributed by atoms with Crippen molar-refractivity contribution in [1.29, 1.82) is 0 Å². The van der Waals surface area contributed by atoms with E-state index in [0.29, 0.717) is 5.92 Å². The topological polar surface area (TPSA) is 44.5 Å². The second-order valence-electron chi connectivity index (χ2n) is 4.69. The van der Waals surface area contributed by atoms with Crippen LogP contribution in [0.4, 0.5) is 0 Å². The first kappa shape index (κ1) is 10.7. The molecule has 3 rings (SSSR count). The Kier molecular flexibility index (Phi) is 2.81. The largest absolute Gasteiger partial charge is 0.337 e. The Labute approximate surface area is 105 Å². The molecule has 3 nitrogen and oxygen atoms in total. The van der Waals surface area contributed by atoms with E-state index in [1.807, 2.05) is 18.5 Å². The zero-order valence-corrected chi connectivity index (χ0v) is 10.4. The van der Waals surface area contributed by atoms with E-state index in [-0.39, 0.29) is 0 Å². The van der Waals surface area contributed by atoms with Crippen molar-refractivity contribution in [2.24, 2.45) is 5.92 Å². The van der Waals surface area contributed by atoms with Crippen LogP contribution in [0.5, 0.6) is 0 Å². The van der Waals surface area contributed by atoms with Gasteiger partial charge >= 0.3 is 0 Å². The van der Waals surface area contributed by atoms with Gasteiger partial charge in [-0.2, -0.15) is 0 Å². The fourth-order valence-corrected chi connectivity index (χ4v) is 2.79. The number of H-pyrrole nitrogens is 2. The number of aromatic nitrogens is 3. The SMILES string of the molecule is S=c1[nH]cc(CC2CCc3ncccc3C2)[nH]1. The lowest BCUT2D eigenvalue weighted by Crippen LogP contribution is -2.17. The average Bonchev–Trinajstić information content (AvgIpc) is 2.75. The van der Waals surface area contributed by atoms with Gasteiger partial charge in [0.2, 0.25) is 0 Å². The molecule has 4 heteroatoms. The smallest absolute Gasteiger partial charge is 0.174 e. The molecule has 2 aromatic heterocycles. The molecule has 17 heavy (non-hydrogen) atoms. The summed E-state index contributed by atoms with van der Waals surface area (Å²) < 4.78 is 0.720. The van der Waals surface area contributed by atoms with E-state index >= 15 is 0 Å². The van der Waals surface area contributed by atoms with Gasteiger partial charge in [0.25, 0.3) is 0 Å². The molecule has 0 aliphatic heterocycles. The van der Waals surface area contributed by atoms with Crippen LogP contribution in [0.2, 0.25) is 0 Å². The molecule has 88 valence electrons. The van der Waals surface area contributed by atoms with Gasteiger partial charge in [-0.25, -0.2) is 0 Å². The van der Waals surface area contributed by atoms with E-state index in [1.165, 1.54) is 23.4 Å². The number of hydrogen-bond acceptors (Lipinski definition) is 2. The Hall–Kier alpha value is -1.42. The van der Waals surface area contributed by atoms with E-state index in [9.17, 15) is 0 Å². The van der Waals surface area contributed by atoms with E-state index in [2.05, 4.69) is 21.0 Å². The molecule has 0 saturated heterocycles. The van der Waals surface area contributed by atoms with Crippen molar-refractivity contribution in [2.75, 3.05) is 0 Å². The van der Waals surface area contributed by atoms with Gasteiger partial charge in [0.1, 0.15) is 0 Å². The number of pyridine rings is 1. The van der Waals surface area contributed by atoms with Crippen LogP contribution in [-0.4, -0.2) is 15.0 Å². The molecule has 0 spiro atoms. The first-order chi connectivity index (χ1) is 8.31. The number of imidazole rings is 1. The van der Waals surface area contributed by atoms with E-state index in [4.69, 9.17) is 12.2 Å². The van der Waals surface area contributed by atoms with E-state index < -0.39 is 0 Å². The second-order valence-corrected chi connectivity index (χ2v) is 5.10. The number of rotatable bonds is 2. The molecule has 0 fully saturated rings. The Morgan fingerprint density at radius 2 is 2.41 bits per heavy atom. The first-order valence-corrected chi connectivity index (χ1v) is 6.41. The molecule has 2 aromatic rings. The molecule has 1 aliphatic rings. The highest BCUT2D eigenvalue weighted by Crippen LogP contribution is 2.25.